The summed E-state index contributed by atoms with van der Waals surface area (Å²) in [7, 11) is 0. The smallest absolute Gasteiger partial charge is 0.269 e. The summed E-state index contributed by atoms with van der Waals surface area (Å²) < 4.78 is 5.64. The van der Waals surface area contributed by atoms with Crippen LogP contribution in [-0.4, -0.2) is 22.3 Å². The molecule has 1 heterocycles. The van der Waals surface area contributed by atoms with Crippen molar-refractivity contribution in [1.82, 2.24) is 0 Å². The van der Waals surface area contributed by atoms with Gasteiger partial charge in [0.2, 0.25) is 5.91 Å². The molecule has 0 radical (unpaired) electrons. The normalized spacial score (nSPS) is 14.8. The van der Waals surface area contributed by atoms with Gasteiger partial charge in [0.15, 0.2) is 5.60 Å². The molecule has 0 aliphatic carbocycles. The highest BCUT2D eigenvalue weighted by Crippen LogP contribution is 2.35. The molecule has 0 unspecified atom stereocenters. The minimum absolute atomic E-state index is 0.0156. The van der Waals surface area contributed by atoms with Crippen LogP contribution in [0.5, 0.6) is 5.75 Å². The van der Waals surface area contributed by atoms with E-state index in [-0.39, 0.29) is 17.5 Å². The van der Waals surface area contributed by atoms with Gasteiger partial charge < -0.3 is 15.4 Å². The number of amides is 2. The van der Waals surface area contributed by atoms with Crippen molar-refractivity contribution in [3.8, 4) is 5.75 Å². The molecule has 3 rings (SSSR count). The van der Waals surface area contributed by atoms with Crippen LogP contribution in [0.2, 0.25) is 0 Å². The van der Waals surface area contributed by atoms with E-state index in [1.165, 1.54) is 18.2 Å². The SMILES string of the molecule is CC1(C)Oc2ccc(NC(=O)/C=C/c3ccc([N+](=O)[O-])cc3)cc2NC1=O. The van der Waals surface area contributed by atoms with Crippen LogP contribution >= 0.6 is 0 Å². The van der Waals surface area contributed by atoms with Gasteiger partial charge >= 0.3 is 0 Å². The molecule has 2 amide bonds. The van der Waals surface area contributed by atoms with Gasteiger partial charge in [0.1, 0.15) is 5.75 Å². The predicted molar refractivity (Wildman–Crippen MR) is 101 cm³/mol. The number of non-ortho nitro benzene ring substituents is 1. The highest BCUT2D eigenvalue weighted by molar-refractivity contribution is 6.04. The lowest BCUT2D eigenvalue weighted by molar-refractivity contribution is -0.384. The average molecular weight is 367 g/mol. The van der Waals surface area contributed by atoms with Crippen LogP contribution in [0.15, 0.2) is 48.5 Å². The molecule has 0 aromatic heterocycles. The lowest BCUT2D eigenvalue weighted by atomic mass is 10.1. The lowest BCUT2D eigenvalue weighted by Crippen LogP contribution is -2.45. The van der Waals surface area contributed by atoms with Gasteiger partial charge in [-0.3, -0.25) is 19.7 Å². The van der Waals surface area contributed by atoms with Gasteiger partial charge in [-0.05, 0) is 55.8 Å². The Morgan fingerprint density at radius 2 is 1.93 bits per heavy atom. The summed E-state index contributed by atoms with van der Waals surface area (Å²) in [5.41, 5.74) is 0.667. The topological polar surface area (TPSA) is 111 Å². The number of anilines is 2. The summed E-state index contributed by atoms with van der Waals surface area (Å²) in [5, 5.41) is 16.1. The fraction of sp³-hybridized carbons (Fsp3) is 0.158. The molecule has 0 fully saturated rings. The van der Waals surface area contributed by atoms with Gasteiger partial charge in [0.05, 0.1) is 10.6 Å². The summed E-state index contributed by atoms with van der Waals surface area (Å²) in [5.74, 6) is -0.118. The van der Waals surface area contributed by atoms with Crippen molar-refractivity contribution in [2.45, 2.75) is 19.4 Å². The zero-order valence-corrected chi connectivity index (χ0v) is 14.7. The molecule has 0 spiro atoms. The van der Waals surface area contributed by atoms with E-state index >= 15 is 0 Å². The predicted octanol–water partition coefficient (Wildman–Crippen LogP) is 3.36. The Bertz CT molecular complexity index is 948. The molecule has 2 aromatic rings. The maximum atomic E-state index is 12.1. The highest BCUT2D eigenvalue weighted by atomic mass is 16.6. The van der Waals surface area contributed by atoms with Crippen molar-refractivity contribution in [3.63, 3.8) is 0 Å². The van der Waals surface area contributed by atoms with Crippen molar-refractivity contribution < 1.29 is 19.2 Å². The van der Waals surface area contributed by atoms with Crippen molar-refractivity contribution >= 4 is 35.0 Å². The third kappa shape index (κ3) is 4.12. The monoisotopic (exact) mass is 367 g/mol. The zero-order chi connectivity index (χ0) is 19.6. The second-order valence-corrected chi connectivity index (χ2v) is 6.45. The standard InChI is InChI=1S/C19H17N3O5/c1-19(2)18(24)21-15-11-13(6-9-16(15)27-19)20-17(23)10-5-12-3-7-14(8-4-12)22(25)26/h3-11H,1-2H3,(H,20,23)(H,21,24)/b10-5+. The third-order valence-corrected chi connectivity index (χ3v) is 3.94. The van der Waals surface area contributed by atoms with E-state index in [0.29, 0.717) is 22.7 Å². The number of nitro benzene ring substituents is 1. The molecule has 27 heavy (non-hydrogen) atoms. The number of hydrogen-bond acceptors (Lipinski definition) is 5. The summed E-state index contributed by atoms with van der Waals surface area (Å²) in [6.45, 7) is 3.34. The first kappa shape index (κ1) is 18.1. The number of nitrogens with zero attached hydrogens (tertiary/aromatic N) is 1. The number of hydrogen-bond donors (Lipinski definition) is 2. The summed E-state index contributed by atoms with van der Waals surface area (Å²) >= 11 is 0. The van der Waals surface area contributed by atoms with Crippen molar-refractivity contribution in [3.05, 3.63) is 64.2 Å². The van der Waals surface area contributed by atoms with Crippen LogP contribution in [0, 0.1) is 10.1 Å². The first-order valence-corrected chi connectivity index (χ1v) is 8.13. The molecule has 1 aliphatic rings. The van der Waals surface area contributed by atoms with Gasteiger partial charge in [0, 0.05) is 23.9 Å². The highest BCUT2D eigenvalue weighted by Gasteiger charge is 2.35. The number of benzene rings is 2. The molecule has 8 nitrogen and oxygen atoms in total. The Morgan fingerprint density at radius 3 is 2.59 bits per heavy atom. The van der Waals surface area contributed by atoms with E-state index in [9.17, 15) is 19.7 Å². The Morgan fingerprint density at radius 1 is 1.22 bits per heavy atom. The van der Waals surface area contributed by atoms with Crippen LogP contribution in [0.4, 0.5) is 17.1 Å². The van der Waals surface area contributed by atoms with Crippen molar-refractivity contribution in [2.24, 2.45) is 0 Å². The molecule has 0 saturated heterocycles. The quantitative estimate of drug-likeness (QED) is 0.489. The molecule has 8 heteroatoms. The molecule has 0 saturated carbocycles. The molecule has 0 atom stereocenters. The molecule has 1 aliphatic heterocycles. The Hall–Kier alpha value is -3.68. The van der Waals surface area contributed by atoms with E-state index < -0.39 is 10.5 Å². The fourth-order valence-corrected chi connectivity index (χ4v) is 2.45. The second kappa shape index (κ2) is 6.91. The number of rotatable bonds is 4. The number of fused-ring (bicyclic) bond motifs is 1. The van der Waals surface area contributed by atoms with Crippen LogP contribution in [-0.2, 0) is 9.59 Å². The van der Waals surface area contributed by atoms with Gasteiger partial charge in [-0.2, -0.15) is 0 Å². The average Bonchev–Trinajstić information content (AvgIpc) is 2.61. The minimum atomic E-state index is -0.953. The Labute approximate surface area is 155 Å². The van der Waals surface area contributed by atoms with Crippen molar-refractivity contribution in [2.75, 3.05) is 10.6 Å². The summed E-state index contributed by atoms with van der Waals surface area (Å²) in [4.78, 5) is 34.2. The lowest BCUT2D eigenvalue weighted by Gasteiger charge is -2.31. The number of nitrogens with one attached hydrogen (secondary N) is 2. The van der Waals surface area contributed by atoms with E-state index in [1.807, 2.05) is 0 Å². The first-order chi connectivity index (χ1) is 12.7. The molecule has 2 N–H and O–H groups in total. The molecule has 138 valence electrons. The number of ether oxygens (including phenoxy) is 1. The van der Waals surface area contributed by atoms with Crippen molar-refractivity contribution in [1.29, 1.82) is 0 Å². The zero-order valence-electron chi connectivity index (χ0n) is 14.7. The van der Waals surface area contributed by atoms with Gasteiger partial charge in [-0.25, -0.2) is 0 Å². The minimum Gasteiger partial charge on any atom is -0.476 e. The van der Waals surface area contributed by atoms with Gasteiger partial charge in [-0.1, -0.05) is 0 Å². The number of nitro groups is 1. The maximum absolute atomic E-state index is 12.1. The van der Waals surface area contributed by atoms with Crippen LogP contribution < -0.4 is 15.4 Å². The molecule has 2 aromatic carbocycles. The second-order valence-electron chi connectivity index (χ2n) is 6.45. The first-order valence-electron chi connectivity index (χ1n) is 8.13. The Kier molecular flexibility index (Phi) is 4.64. The largest absolute Gasteiger partial charge is 0.476 e. The van der Waals surface area contributed by atoms with Crippen LogP contribution in [0.3, 0.4) is 0 Å². The van der Waals surface area contributed by atoms with E-state index in [1.54, 1.807) is 50.3 Å². The van der Waals surface area contributed by atoms with Gasteiger partial charge in [-0.15, -0.1) is 0 Å². The number of carbonyl (C=O) groups excluding carboxylic acids is 2. The maximum Gasteiger partial charge on any atom is 0.269 e. The molecular formula is C19H17N3O5. The molecule has 0 bridgehead atoms. The van der Waals surface area contributed by atoms with E-state index in [4.69, 9.17) is 4.74 Å². The van der Waals surface area contributed by atoms with Crippen LogP contribution in [0.1, 0.15) is 19.4 Å². The fourth-order valence-electron chi connectivity index (χ4n) is 2.45. The number of carbonyl (C=O) groups is 2. The third-order valence-electron chi connectivity index (χ3n) is 3.94. The van der Waals surface area contributed by atoms with E-state index in [2.05, 4.69) is 10.6 Å². The van der Waals surface area contributed by atoms with E-state index in [0.717, 1.165) is 0 Å². The summed E-state index contributed by atoms with van der Waals surface area (Å²) in [6.07, 6.45) is 2.86. The summed E-state index contributed by atoms with van der Waals surface area (Å²) in [6, 6.07) is 10.8. The van der Waals surface area contributed by atoms with Crippen LogP contribution in [0.25, 0.3) is 6.08 Å². The van der Waals surface area contributed by atoms with Gasteiger partial charge in [0.25, 0.3) is 11.6 Å². The molecular weight excluding hydrogens is 350 g/mol. The Balaban J connectivity index is 1.67.